The summed E-state index contributed by atoms with van der Waals surface area (Å²) in [5.41, 5.74) is -1.39. The zero-order valence-corrected chi connectivity index (χ0v) is 23.8. The monoisotopic (exact) mass is 651 g/mol. The predicted octanol–water partition coefficient (Wildman–Crippen LogP) is 5.91. The lowest BCUT2D eigenvalue weighted by atomic mass is 9.82. The number of carbonyl (C=O) groups is 3. The zero-order chi connectivity index (χ0) is 32.2. The average molecular weight is 652 g/mol. The molecule has 3 aliphatic rings. The second-order valence-electron chi connectivity index (χ2n) is 11.5. The maximum absolute atomic E-state index is 15.3. The summed E-state index contributed by atoms with van der Waals surface area (Å²) < 4.78 is 103. The second-order valence-corrected chi connectivity index (χ2v) is 11.9. The van der Waals surface area contributed by atoms with Gasteiger partial charge in [-0.3, -0.25) is 4.79 Å². The number of nitrogens with zero attached hydrogens (tertiary/aromatic N) is 3. The maximum Gasteiger partial charge on any atom is 0.491 e. The second kappa shape index (κ2) is 11.4. The van der Waals surface area contributed by atoms with Crippen molar-refractivity contribution >= 4 is 35.3 Å². The minimum atomic E-state index is -5.40. The van der Waals surface area contributed by atoms with Gasteiger partial charge in [-0.2, -0.15) is 26.3 Å². The van der Waals surface area contributed by atoms with Crippen LogP contribution in [0.5, 0.6) is 5.75 Å². The molecule has 1 aromatic heterocycles. The number of ether oxygens (including phenoxy) is 2. The summed E-state index contributed by atoms with van der Waals surface area (Å²) in [6.07, 6.45) is -7.47. The summed E-state index contributed by atoms with van der Waals surface area (Å²) in [4.78, 5) is 43.1. The van der Waals surface area contributed by atoms with Crippen LogP contribution < -0.4 is 9.64 Å². The summed E-state index contributed by atoms with van der Waals surface area (Å²) in [5, 5.41) is -0.513. The molecule has 1 aromatic carbocycles. The molecule has 2 saturated heterocycles. The number of carbonyl (C=O) groups excluding carboxylic acids is 3. The Kier molecular flexibility index (Phi) is 8.23. The SMILES string of the molecule is CC1(COc2cc(F)c(C(=O)N3CCC[C@H]3C(=O)OC(=O)C(F)(F)F)cc2C2CC2)CN(c2cc(C(F)(F)F)c(Cl)cn2)C1. The molecule has 8 nitrogen and oxygen atoms in total. The van der Waals surface area contributed by atoms with Crippen LogP contribution in [0, 0.1) is 11.2 Å². The molecule has 0 spiro atoms. The van der Waals surface area contributed by atoms with Crippen LogP contribution in [0.4, 0.5) is 36.6 Å². The van der Waals surface area contributed by atoms with Crippen LogP contribution in [0.2, 0.25) is 5.02 Å². The van der Waals surface area contributed by atoms with E-state index >= 15 is 4.39 Å². The van der Waals surface area contributed by atoms with Gasteiger partial charge in [0.15, 0.2) is 0 Å². The molecule has 3 fully saturated rings. The van der Waals surface area contributed by atoms with Gasteiger partial charge < -0.3 is 19.3 Å². The van der Waals surface area contributed by atoms with Crippen LogP contribution >= 0.6 is 11.6 Å². The quantitative estimate of drug-likeness (QED) is 0.209. The van der Waals surface area contributed by atoms with Gasteiger partial charge in [0.05, 0.1) is 22.8 Å². The Bertz CT molecular complexity index is 1490. The topological polar surface area (TPSA) is 89.0 Å². The van der Waals surface area contributed by atoms with E-state index in [-0.39, 0.29) is 43.5 Å². The van der Waals surface area contributed by atoms with Crippen molar-refractivity contribution in [2.45, 2.75) is 56.9 Å². The fourth-order valence-electron chi connectivity index (χ4n) is 5.40. The Labute approximate surface area is 251 Å². The minimum absolute atomic E-state index is 0.0364. The van der Waals surface area contributed by atoms with Gasteiger partial charge in [-0.1, -0.05) is 18.5 Å². The highest BCUT2D eigenvalue weighted by Crippen LogP contribution is 2.46. The number of pyridine rings is 1. The first kappa shape index (κ1) is 31.8. The summed E-state index contributed by atoms with van der Waals surface area (Å²) in [6, 6.07) is 1.72. The van der Waals surface area contributed by atoms with Gasteiger partial charge >= 0.3 is 24.3 Å². The highest BCUT2D eigenvalue weighted by Gasteiger charge is 2.46. The smallest absolute Gasteiger partial charge is 0.491 e. The van der Waals surface area contributed by atoms with Gasteiger partial charge in [-0.25, -0.2) is 19.0 Å². The predicted molar refractivity (Wildman–Crippen MR) is 140 cm³/mol. The Morgan fingerprint density at radius 1 is 1.07 bits per heavy atom. The number of halogens is 8. The zero-order valence-electron chi connectivity index (χ0n) is 23.0. The summed E-state index contributed by atoms with van der Waals surface area (Å²) in [5.74, 6) is -5.94. The van der Waals surface area contributed by atoms with Crippen molar-refractivity contribution in [1.29, 1.82) is 0 Å². The molecule has 0 unspecified atom stereocenters. The number of likely N-dealkylation sites (tertiary alicyclic amines) is 1. The van der Waals surface area contributed by atoms with Crippen LogP contribution in [0.1, 0.15) is 60.0 Å². The Morgan fingerprint density at radius 3 is 2.36 bits per heavy atom. The van der Waals surface area contributed by atoms with Crippen LogP contribution in [-0.2, 0) is 20.5 Å². The normalized spacial score (nSPS) is 19.9. The van der Waals surface area contributed by atoms with E-state index in [9.17, 15) is 40.7 Å². The third-order valence-electron chi connectivity index (χ3n) is 7.75. The average Bonchev–Trinajstić information content (AvgIpc) is 3.64. The largest absolute Gasteiger partial charge is 0.492 e. The molecular weight excluding hydrogens is 627 g/mol. The van der Waals surface area contributed by atoms with E-state index in [1.165, 1.54) is 6.07 Å². The molecule has 5 rings (SSSR count). The van der Waals surface area contributed by atoms with Crippen molar-refractivity contribution in [3.05, 3.63) is 51.9 Å². The molecule has 1 saturated carbocycles. The van der Waals surface area contributed by atoms with Crippen molar-refractivity contribution in [2.24, 2.45) is 5.41 Å². The van der Waals surface area contributed by atoms with Gasteiger partial charge in [0, 0.05) is 37.3 Å². The molecule has 1 aliphatic carbocycles. The van der Waals surface area contributed by atoms with Gasteiger partial charge in [0.1, 0.15) is 23.4 Å². The maximum atomic E-state index is 15.3. The first-order valence-electron chi connectivity index (χ1n) is 13.5. The third kappa shape index (κ3) is 6.57. The number of rotatable bonds is 7. The molecule has 16 heteroatoms. The molecule has 3 heterocycles. The van der Waals surface area contributed by atoms with E-state index in [4.69, 9.17) is 16.3 Å². The molecule has 238 valence electrons. The van der Waals surface area contributed by atoms with E-state index < -0.39 is 63.6 Å². The number of esters is 2. The first-order chi connectivity index (χ1) is 20.5. The molecule has 1 amide bonds. The number of aromatic nitrogens is 1. The first-order valence-corrected chi connectivity index (χ1v) is 13.9. The van der Waals surface area contributed by atoms with Crippen molar-refractivity contribution in [2.75, 3.05) is 31.1 Å². The van der Waals surface area contributed by atoms with Gasteiger partial charge in [-0.15, -0.1) is 0 Å². The van der Waals surface area contributed by atoms with Gasteiger partial charge in [0.25, 0.3) is 5.91 Å². The molecule has 44 heavy (non-hydrogen) atoms. The fraction of sp³-hybridized carbons (Fsp3) is 0.500. The lowest BCUT2D eigenvalue weighted by Gasteiger charge is -2.48. The lowest BCUT2D eigenvalue weighted by Crippen LogP contribution is -2.58. The van der Waals surface area contributed by atoms with Gasteiger partial charge in [0.2, 0.25) is 0 Å². The van der Waals surface area contributed by atoms with Crippen molar-refractivity contribution in [3.8, 4) is 5.75 Å². The summed E-state index contributed by atoms with van der Waals surface area (Å²) >= 11 is 5.65. The standard InChI is InChI=1S/C28H25ClF7N3O5/c1-26(11-38(12-26)22-8-17(27(31,32)33)18(29)10-37-22)13-43-21-9-19(30)16(7-15(21)14-4-5-14)23(40)39-6-2-3-20(39)24(41)44-25(42)28(34,35)36/h7-10,14,20H,2-6,11-13H2,1H3/t20-/m0/s1. The number of amides is 1. The Hall–Kier alpha value is -3.62. The highest BCUT2D eigenvalue weighted by molar-refractivity contribution is 6.31. The van der Waals surface area contributed by atoms with E-state index in [1.54, 1.807) is 4.90 Å². The minimum Gasteiger partial charge on any atom is -0.492 e. The number of benzene rings is 1. The Balaban J connectivity index is 1.27. The molecule has 1 atom stereocenters. The number of anilines is 1. The Morgan fingerprint density at radius 2 is 1.75 bits per heavy atom. The van der Waals surface area contributed by atoms with Crippen LogP contribution in [-0.4, -0.2) is 66.2 Å². The molecule has 0 radical (unpaired) electrons. The van der Waals surface area contributed by atoms with E-state index in [0.717, 1.165) is 36.1 Å². The van der Waals surface area contributed by atoms with E-state index in [1.807, 2.05) is 6.92 Å². The molecule has 2 aromatic rings. The number of hydrogen-bond acceptors (Lipinski definition) is 7. The number of alkyl halides is 6. The van der Waals surface area contributed by atoms with E-state index in [0.29, 0.717) is 18.7 Å². The third-order valence-corrected chi connectivity index (χ3v) is 8.05. The molecule has 0 N–H and O–H groups in total. The number of hydrogen-bond donors (Lipinski definition) is 0. The van der Waals surface area contributed by atoms with Crippen LogP contribution in [0.25, 0.3) is 0 Å². The van der Waals surface area contributed by atoms with Crippen molar-refractivity contribution < 1.29 is 54.6 Å². The molecular formula is C28H25ClF7N3O5. The lowest BCUT2D eigenvalue weighted by molar-refractivity contribution is -0.203. The van der Waals surface area contributed by atoms with Crippen LogP contribution in [0.3, 0.4) is 0 Å². The van der Waals surface area contributed by atoms with E-state index in [2.05, 4.69) is 9.72 Å². The summed E-state index contributed by atoms with van der Waals surface area (Å²) in [6.45, 7) is 2.44. The van der Waals surface area contributed by atoms with Gasteiger partial charge in [-0.05, 0) is 49.3 Å². The molecule has 0 bridgehead atoms. The fourth-order valence-corrected chi connectivity index (χ4v) is 5.61. The van der Waals surface area contributed by atoms with Crippen molar-refractivity contribution in [1.82, 2.24) is 9.88 Å². The van der Waals surface area contributed by atoms with Crippen molar-refractivity contribution in [3.63, 3.8) is 0 Å². The summed E-state index contributed by atoms with van der Waals surface area (Å²) in [7, 11) is 0. The molecule has 2 aliphatic heterocycles. The highest BCUT2D eigenvalue weighted by atomic mass is 35.5. The van der Waals surface area contributed by atoms with Crippen LogP contribution in [0.15, 0.2) is 24.4 Å².